The van der Waals surface area contributed by atoms with Gasteiger partial charge in [-0.15, -0.1) is 0 Å². The first kappa shape index (κ1) is 26.5. The predicted octanol–water partition coefficient (Wildman–Crippen LogP) is 14.2. The van der Waals surface area contributed by atoms with Crippen molar-refractivity contribution in [2.45, 2.75) is 0 Å². The second-order valence-corrected chi connectivity index (χ2v) is 14.0. The zero-order valence-electron chi connectivity index (χ0n) is 27.2. The molecule has 0 saturated carbocycles. The molecule has 12 rings (SSSR count). The summed E-state index contributed by atoms with van der Waals surface area (Å²) in [5.41, 5.74) is 10.5. The maximum atomic E-state index is 2.42. The third-order valence-electron chi connectivity index (χ3n) is 11.5. The number of hydrogen-bond donors (Lipinski definition) is 0. The van der Waals surface area contributed by atoms with Crippen LogP contribution >= 0.6 is 0 Å². The zero-order valence-corrected chi connectivity index (χ0v) is 27.2. The third-order valence-corrected chi connectivity index (χ3v) is 11.5. The molecule has 1 aliphatic rings. The second-order valence-electron chi connectivity index (χ2n) is 14.0. The Morgan fingerprint density at radius 1 is 0.220 bits per heavy atom. The zero-order chi connectivity index (χ0) is 32.5. The predicted molar refractivity (Wildman–Crippen MR) is 215 cm³/mol. The lowest BCUT2D eigenvalue weighted by Crippen LogP contribution is -1.94. The summed E-state index contributed by atoms with van der Waals surface area (Å²) in [5, 5.41) is 18.4. The van der Waals surface area contributed by atoms with Gasteiger partial charge in [-0.2, -0.15) is 0 Å². The van der Waals surface area contributed by atoms with Crippen molar-refractivity contribution in [3.8, 4) is 44.5 Å². The van der Waals surface area contributed by atoms with Crippen molar-refractivity contribution in [1.29, 1.82) is 0 Å². The fourth-order valence-electron chi connectivity index (χ4n) is 9.42. The lowest BCUT2D eigenvalue weighted by molar-refractivity contribution is 1.65. The summed E-state index contributed by atoms with van der Waals surface area (Å²) >= 11 is 0. The van der Waals surface area contributed by atoms with E-state index in [2.05, 4.69) is 170 Å². The van der Waals surface area contributed by atoms with E-state index in [1.807, 2.05) is 0 Å². The molecule has 1 aliphatic carbocycles. The summed E-state index contributed by atoms with van der Waals surface area (Å²) < 4.78 is 0. The summed E-state index contributed by atoms with van der Waals surface area (Å²) in [6.07, 6.45) is 0. The van der Waals surface area contributed by atoms with E-state index in [9.17, 15) is 0 Å². The van der Waals surface area contributed by atoms with Crippen LogP contribution in [0.15, 0.2) is 170 Å². The third kappa shape index (κ3) is 3.35. The van der Waals surface area contributed by atoms with Gasteiger partial charge in [0.2, 0.25) is 0 Å². The van der Waals surface area contributed by atoms with E-state index in [4.69, 9.17) is 0 Å². The van der Waals surface area contributed by atoms with E-state index in [-0.39, 0.29) is 0 Å². The second kappa shape index (κ2) is 9.56. The Hall–Kier alpha value is -6.50. The summed E-state index contributed by atoms with van der Waals surface area (Å²) in [6.45, 7) is 0. The number of rotatable bonds is 2. The first-order chi connectivity index (χ1) is 24.8. The fraction of sp³-hybridized carbons (Fsp3) is 0. The van der Waals surface area contributed by atoms with Gasteiger partial charge in [0.05, 0.1) is 0 Å². The standard InChI is InChI=1S/C50H28/c1-3-11-32-27-34(21-19-29(32)9-1)45-38-15-5-6-16-39(38)46(35-22-20-30-10-2-4-12-33(30)28-35)50-43-26-24-41-37-18-8-14-31-13-7-17-36(44(31)37)40-23-25-42(49(45)50)48(43)47(40)41/h1-28H. The summed E-state index contributed by atoms with van der Waals surface area (Å²) in [4.78, 5) is 0. The number of fused-ring (bicyclic) bond motifs is 8. The van der Waals surface area contributed by atoms with Crippen LogP contribution in [0.25, 0.3) is 120 Å². The smallest absolute Gasteiger partial charge is 0.000740 e. The van der Waals surface area contributed by atoms with Gasteiger partial charge in [0.15, 0.2) is 0 Å². The minimum absolute atomic E-state index is 1.26. The van der Waals surface area contributed by atoms with E-state index in [1.165, 1.54) is 120 Å². The molecule has 0 amide bonds. The lowest BCUT2D eigenvalue weighted by Gasteiger charge is -2.21. The molecule has 11 aromatic rings. The molecule has 0 heteroatoms. The van der Waals surface area contributed by atoms with E-state index < -0.39 is 0 Å². The van der Waals surface area contributed by atoms with Crippen molar-refractivity contribution < 1.29 is 0 Å². The van der Waals surface area contributed by atoms with E-state index in [0.29, 0.717) is 0 Å². The molecular formula is C50H28. The highest BCUT2D eigenvalue weighted by molar-refractivity contribution is 6.39. The highest BCUT2D eigenvalue weighted by atomic mass is 14.3. The highest BCUT2D eigenvalue weighted by Crippen LogP contribution is 2.59. The molecule has 0 saturated heterocycles. The van der Waals surface area contributed by atoms with Gasteiger partial charge in [0.25, 0.3) is 0 Å². The Kier molecular flexibility index (Phi) is 5.06. The van der Waals surface area contributed by atoms with Crippen molar-refractivity contribution in [3.63, 3.8) is 0 Å². The van der Waals surface area contributed by atoms with Gasteiger partial charge in [0, 0.05) is 0 Å². The van der Waals surface area contributed by atoms with Gasteiger partial charge in [-0.3, -0.25) is 0 Å². The van der Waals surface area contributed by atoms with E-state index in [0.717, 1.165) is 0 Å². The summed E-state index contributed by atoms with van der Waals surface area (Å²) in [6, 6.07) is 63.8. The van der Waals surface area contributed by atoms with E-state index in [1.54, 1.807) is 0 Å². The van der Waals surface area contributed by atoms with E-state index >= 15 is 0 Å². The SMILES string of the molecule is c1ccc2cc(-c3c4c(c(-c5ccc6ccccc6c5)c5ccccc35)-c3ccc5c6cccc7cccc(c8ccc-4c3c85)c76)ccc2c1. The van der Waals surface area contributed by atoms with Crippen LogP contribution in [0.3, 0.4) is 0 Å². The van der Waals surface area contributed by atoms with Crippen LogP contribution in [0.2, 0.25) is 0 Å². The molecule has 0 spiro atoms. The molecule has 11 aromatic carbocycles. The molecule has 0 radical (unpaired) electrons. The monoisotopic (exact) mass is 628 g/mol. The first-order valence-electron chi connectivity index (χ1n) is 17.5. The Labute approximate surface area is 288 Å². The molecule has 0 bridgehead atoms. The Balaban J connectivity index is 1.30. The number of hydrogen-bond acceptors (Lipinski definition) is 0. The normalized spacial score (nSPS) is 12.4. The molecule has 228 valence electrons. The molecule has 50 heavy (non-hydrogen) atoms. The lowest BCUT2D eigenvalue weighted by atomic mass is 9.82. The maximum absolute atomic E-state index is 2.42. The van der Waals surface area contributed by atoms with Gasteiger partial charge in [-0.25, -0.2) is 0 Å². The van der Waals surface area contributed by atoms with Crippen LogP contribution in [0.4, 0.5) is 0 Å². The van der Waals surface area contributed by atoms with Crippen molar-refractivity contribution in [2.24, 2.45) is 0 Å². The Morgan fingerprint density at radius 2 is 0.640 bits per heavy atom. The van der Waals surface area contributed by atoms with Crippen LogP contribution in [0.1, 0.15) is 0 Å². The topological polar surface area (TPSA) is 0 Å². The van der Waals surface area contributed by atoms with Crippen LogP contribution < -0.4 is 0 Å². The molecule has 0 nitrogen and oxygen atoms in total. The average Bonchev–Trinajstić information content (AvgIpc) is 3.51. The largest absolute Gasteiger partial charge is 0.0616 e. The summed E-state index contributed by atoms with van der Waals surface area (Å²) in [7, 11) is 0. The minimum atomic E-state index is 1.26. The molecule has 0 heterocycles. The van der Waals surface area contributed by atoms with Crippen LogP contribution in [0, 0.1) is 0 Å². The van der Waals surface area contributed by atoms with Crippen molar-refractivity contribution >= 4 is 75.4 Å². The van der Waals surface area contributed by atoms with Gasteiger partial charge in [0.1, 0.15) is 0 Å². The highest BCUT2D eigenvalue weighted by Gasteiger charge is 2.32. The average molecular weight is 629 g/mol. The molecule has 0 unspecified atom stereocenters. The van der Waals surface area contributed by atoms with Gasteiger partial charge in [-0.05, 0) is 132 Å². The first-order valence-corrected chi connectivity index (χ1v) is 17.5. The van der Waals surface area contributed by atoms with Crippen molar-refractivity contribution in [3.05, 3.63) is 170 Å². The van der Waals surface area contributed by atoms with Crippen LogP contribution in [-0.4, -0.2) is 0 Å². The Morgan fingerprint density at radius 3 is 1.16 bits per heavy atom. The molecule has 0 atom stereocenters. The van der Waals surface area contributed by atoms with Crippen LogP contribution in [-0.2, 0) is 0 Å². The van der Waals surface area contributed by atoms with Crippen LogP contribution in [0.5, 0.6) is 0 Å². The Bertz CT molecular complexity index is 3040. The molecule has 0 N–H and O–H groups in total. The van der Waals surface area contributed by atoms with Gasteiger partial charge >= 0.3 is 0 Å². The van der Waals surface area contributed by atoms with Crippen molar-refractivity contribution in [2.75, 3.05) is 0 Å². The number of benzene rings is 11. The van der Waals surface area contributed by atoms with Crippen molar-refractivity contribution in [1.82, 2.24) is 0 Å². The molecule has 0 fully saturated rings. The van der Waals surface area contributed by atoms with Gasteiger partial charge in [-0.1, -0.05) is 158 Å². The van der Waals surface area contributed by atoms with Gasteiger partial charge < -0.3 is 0 Å². The molecular weight excluding hydrogens is 601 g/mol. The minimum Gasteiger partial charge on any atom is -0.0616 e. The molecule has 0 aromatic heterocycles. The summed E-state index contributed by atoms with van der Waals surface area (Å²) in [5.74, 6) is 0. The quantitative estimate of drug-likeness (QED) is 0.132. The fourth-order valence-corrected chi connectivity index (χ4v) is 9.42. The maximum Gasteiger partial charge on any atom is -0.000740 e. The molecule has 0 aliphatic heterocycles.